The molecule has 0 fully saturated rings. The number of carbonyl (C=O) groups is 1. The lowest BCUT2D eigenvalue weighted by molar-refractivity contribution is 0.0998. The van der Waals surface area contributed by atoms with Crippen molar-refractivity contribution < 1.29 is 13.2 Å². The largest absolute Gasteiger partial charge is 0.324 e. The van der Waals surface area contributed by atoms with Crippen LogP contribution >= 0.6 is 0 Å². The van der Waals surface area contributed by atoms with E-state index in [1.165, 1.54) is 12.1 Å². The van der Waals surface area contributed by atoms with E-state index in [2.05, 4.69) is 0 Å². The van der Waals surface area contributed by atoms with E-state index in [9.17, 15) is 13.2 Å². The molecule has 0 aliphatic rings. The third-order valence-corrected chi connectivity index (χ3v) is 2.93. The molecular formula is C9H11NO3S. The third-order valence-electron chi connectivity index (χ3n) is 1.77. The highest BCUT2D eigenvalue weighted by atomic mass is 32.2. The van der Waals surface area contributed by atoms with Gasteiger partial charge in [0.25, 0.3) is 0 Å². The van der Waals surface area contributed by atoms with Crippen LogP contribution in [0.25, 0.3) is 0 Å². The second-order valence-electron chi connectivity index (χ2n) is 2.90. The Bertz CT molecular complexity index is 451. The molecule has 1 rings (SSSR count). The van der Waals surface area contributed by atoms with Crippen LogP contribution in [0.2, 0.25) is 0 Å². The highest BCUT2D eigenvalue weighted by Gasteiger charge is 2.16. The number of ketones is 1. The van der Waals surface area contributed by atoms with Crippen molar-refractivity contribution in [2.75, 3.05) is 12.8 Å². The van der Waals surface area contributed by atoms with E-state index in [1.54, 1.807) is 12.1 Å². The summed E-state index contributed by atoms with van der Waals surface area (Å²) in [6, 6.07) is 6.05. The lowest BCUT2D eigenvalue weighted by Crippen LogP contribution is -2.16. The summed E-state index contributed by atoms with van der Waals surface area (Å²) in [4.78, 5) is 11.3. The van der Waals surface area contributed by atoms with E-state index in [0.29, 0.717) is 0 Å². The van der Waals surface area contributed by atoms with Gasteiger partial charge in [0.15, 0.2) is 15.6 Å². The fourth-order valence-corrected chi connectivity index (χ4v) is 2.04. The summed E-state index contributed by atoms with van der Waals surface area (Å²) < 4.78 is 22.6. The number of benzene rings is 1. The quantitative estimate of drug-likeness (QED) is 0.729. The third kappa shape index (κ3) is 2.18. The van der Waals surface area contributed by atoms with Crippen LogP contribution in [0.5, 0.6) is 0 Å². The first-order valence-electron chi connectivity index (χ1n) is 3.99. The molecule has 0 saturated carbocycles. The first-order chi connectivity index (χ1) is 6.46. The molecule has 0 spiro atoms. The summed E-state index contributed by atoms with van der Waals surface area (Å²) >= 11 is 0. The van der Waals surface area contributed by atoms with Gasteiger partial charge in [-0.1, -0.05) is 18.2 Å². The van der Waals surface area contributed by atoms with Gasteiger partial charge in [-0.3, -0.25) is 4.79 Å². The van der Waals surface area contributed by atoms with Crippen LogP contribution in [0.4, 0.5) is 0 Å². The maximum Gasteiger partial charge on any atom is 0.177 e. The molecule has 0 aromatic heterocycles. The smallest absolute Gasteiger partial charge is 0.177 e. The van der Waals surface area contributed by atoms with Gasteiger partial charge in [-0.15, -0.1) is 0 Å². The van der Waals surface area contributed by atoms with Crippen LogP contribution in [0.1, 0.15) is 10.4 Å². The van der Waals surface area contributed by atoms with Gasteiger partial charge in [-0.05, 0) is 6.07 Å². The SMILES string of the molecule is CS(=O)(=O)c1ccccc1C(=O)CN. The predicted molar refractivity (Wildman–Crippen MR) is 52.9 cm³/mol. The summed E-state index contributed by atoms with van der Waals surface area (Å²) in [6.07, 6.45) is 1.07. The maximum atomic E-state index is 11.3. The van der Waals surface area contributed by atoms with Crippen molar-refractivity contribution >= 4 is 15.6 Å². The number of hydrogen-bond donors (Lipinski definition) is 1. The Morgan fingerprint density at radius 1 is 1.36 bits per heavy atom. The fraction of sp³-hybridized carbons (Fsp3) is 0.222. The van der Waals surface area contributed by atoms with Crippen molar-refractivity contribution in [2.24, 2.45) is 5.73 Å². The Balaban J connectivity index is 3.38. The lowest BCUT2D eigenvalue weighted by atomic mass is 10.1. The van der Waals surface area contributed by atoms with Gasteiger partial charge in [0.1, 0.15) is 0 Å². The lowest BCUT2D eigenvalue weighted by Gasteiger charge is -2.04. The number of hydrogen-bond acceptors (Lipinski definition) is 4. The molecule has 14 heavy (non-hydrogen) atoms. The zero-order valence-corrected chi connectivity index (χ0v) is 8.54. The molecule has 1 aromatic carbocycles. The topological polar surface area (TPSA) is 77.2 Å². The minimum Gasteiger partial charge on any atom is -0.324 e. The molecule has 5 heteroatoms. The van der Waals surface area contributed by atoms with E-state index in [0.717, 1.165) is 6.26 Å². The number of Topliss-reactive ketones (excluding diaryl/α,β-unsaturated/α-hetero) is 1. The summed E-state index contributed by atoms with van der Waals surface area (Å²) in [6.45, 7) is -0.188. The number of carbonyl (C=O) groups excluding carboxylic acids is 1. The van der Waals surface area contributed by atoms with Gasteiger partial charge in [-0.2, -0.15) is 0 Å². The number of nitrogens with two attached hydrogens (primary N) is 1. The highest BCUT2D eigenvalue weighted by Crippen LogP contribution is 2.15. The minimum absolute atomic E-state index is 0.0375. The first-order valence-corrected chi connectivity index (χ1v) is 5.88. The van der Waals surface area contributed by atoms with Crippen molar-refractivity contribution in [3.05, 3.63) is 29.8 Å². The maximum absolute atomic E-state index is 11.3. The molecule has 0 amide bonds. The predicted octanol–water partition coefficient (Wildman–Crippen LogP) is 0.232. The second kappa shape index (κ2) is 3.89. The van der Waals surface area contributed by atoms with Crippen molar-refractivity contribution in [3.8, 4) is 0 Å². The number of sulfone groups is 1. The molecule has 0 atom stereocenters. The zero-order valence-electron chi connectivity index (χ0n) is 7.73. The molecule has 0 aliphatic carbocycles. The summed E-state index contributed by atoms with van der Waals surface area (Å²) in [5.41, 5.74) is 5.34. The molecule has 0 unspecified atom stereocenters. The Hall–Kier alpha value is -1.20. The standard InChI is InChI=1S/C9H11NO3S/c1-14(12,13)9-5-3-2-4-7(9)8(11)6-10/h2-5H,6,10H2,1H3. The summed E-state index contributed by atoms with van der Waals surface area (Å²) in [5, 5.41) is 0. The van der Waals surface area contributed by atoms with E-state index < -0.39 is 9.84 Å². The van der Waals surface area contributed by atoms with E-state index in [-0.39, 0.29) is 22.8 Å². The van der Waals surface area contributed by atoms with Gasteiger partial charge >= 0.3 is 0 Å². The molecule has 0 bridgehead atoms. The second-order valence-corrected chi connectivity index (χ2v) is 4.88. The highest BCUT2D eigenvalue weighted by molar-refractivity contribution is 7.90. The van der Waals surface area contributed by atoms with Crippen LogP contribution in [0, 0.1) is 0 Å². The average Bonchev–Trinajstić information content (AvgIpc) is 2.15. The van der Waals surface area contributed by atoms with Gasteiger partial charge in [0.05, 0.1) is 11.4 Å². The normalized spacial score (nSPS) is 11.3. The Labute approximate surface area is 82.7 Å². The van der Waals surface area contributed by atoms with E-state index in [4.69, 9.17) is 5.73 Å². The molecule has 0 radical (unpaired) electrons. The van der Waals surface area contributed by atoms with Crippen LogP contribution in [0.3, 0.4) is 0 Å². The Morgan fingerprint density at radius 3 is 2.43 bits per heavy atom. The fourth-order valence-electron chi connectivity index (χ4n) is 1.13. The molecule has 76 valence electrons. The molecule has 2 N–H and O–H groups in total. The van der Waals surface area contributed by atoms with Crippen LogP contribution < -0.4 is 5.73 Å². The monoisotopic (exact) mass is 213 g/mol. The summed E-state index contributed by atoms with van der Waals surface area (Å²) in [7, 11) is -3.36. The van der Waals surface area contributed by atoms with Gasteiger partial charge in [0, 0.05) is 11.8 Å². The van der Waals surface area contributed by atoms with E-state index >= 15 is 0 Å². The number of rotatable bonds is 3. The van der Waals surface area contributed by atoms with Gasteiger partial charge in [-0.25, -0.2) is 8.42 Å². The Morgan fingerprint density at radius 2 is 1.93 bits per heavy atom. The molecule has 4 nitrogen and oxygen atoms in total. The molecular weight excluding hydrogens is 202 g/mol. The van der Waals surface area contributed by atoms with Crippen molar-refractivity contribution in [2.45, 2.75) is 4.90 Å². The van der Waals surface area contributed by atoms with Crippen LogP contribution in [-0.4, -0.2) is 27.0 Å². The summed E-state index contributed by atoms with van der Waals surface area (Å²) in [5.74, 6) is -0.369. The average molecular weight is 213 g/mol. The molecule has 1 aromatic rings. The van der Waals surface area contributed by atoms with Gasteiger partial charge < -0.3 is 5.73 Å². The molecule has 0 saturated heterocycles. The first kappa shape index (κ1) is 10.9. The van der Waals surface area contributed by atoms with Gasteiger partial charge in [0.2, 0.25) is 0 Å². The van der Waals surface area contributed by atoms with Crippen molar-refractivity contribution in [3.63, 3.8) is 0 Å². The molecule has 0 aliphatic heterocycles. The van der Waals surface area contributed by atoms with Crippen LogP contribution in [0.15, 0.2) is 29.2 Å². The Kier molecular flexibility index (Phi) is 3.03. The molecule has 0 heterocycles. The van der Waals surface area contributed by atoms with Crippen molar-refractivity contribution in [1.29, 1.82) is 0 Å². The minimum atomic E-state index is -3.36. The van der Waals surface area contributed by atoms with Crippen LogP contribution in [-0.2, 0) is 9.84 Å². The van der Waals surface area contributed by atoms with Crippen molar-refractivity contribution in [1.82, 2.24) is 0 Å². The van der Waals surface area contributed by atoms with E-state index in [1.807, 2.05) is 0 Å². The zero-order chi connectivity index (χ0) is 10.8.